The van der Waals surface area contributed by atoms with Crippen LogP contribution in [0.3, 0.4) is 0 Å². The largest absolute Gasteiger partial charge is 0.321 e. The number of rotatable bonds is 1. The van der Waals surface area contributed by atoms with Gasteiger partial charge in [-0.3, -0.25) is 0 Å². The topological polar surface area (TPSA) is 0 Å². The Hall–Kier alpha value is -0.0400. The Labute approximate surface area is 70.0 Å². The fourth-order valence-electron chi connectivity index (χ4n) is 3.09. The molecule has 2 rings (SSSR count). The molecule has 0 amide bonds. The fraction of sp³-hybridized carbons (Fsp3) is 1.00. The van der Waals surface area contributed by atoms with Gasteiger partial charge in [0, 0.05) is 12.3 Å². The van der Waals surface area contributed by atoms with Crippen LogP contribution in [-0.4, -0.2) is 30.2 Å². The predicted molar refractivity (Wildman–Crippen MR) is 47.3 cm³/mol. The van der Waals surface area contributed by atoms with Crippen molar-refractivity contribution in [2.24, 2.45) is 5.92 Å². The maximum atomic E-state index is 2.45. The highest BCUT2D eigenvalue weighted by Crippen LogP contribution is 2.43. The molecule has 2 bridgehead atoms. The van der Waals surface area contributed by atoms with Gasteiger partial charge >= 0.3 is 0 Å². The van der Waals surface area contributed by atoms with Crippen LogP contribution in [0, 0.1) is 5.92 Å². The molecule has 1 saturated carbocycles. The molecule has 11 heavy (non-hydrogen) atoms. The van der Waals surface area contributed by atoms with E-state index in [-0.39, 0.29) is 0 Å². The Morgan fingerprint density at radius 1 is 1.27 bits per heavy atom. The monoisotopic (exact) mass is 154 g/mol. The van der Waals surface area contributed by atoms with Crippen molar-refractivity contribution in [1.29, 1.82) is 0 Å². The standard InChI is InChI=1S/C10H20N/c1-8(2)11(3)7-9-4-5-10(11)6-9/h8-10H,4-7H2,1-3H3/q+1. The van der Waals surface area contributed by atoms with Crippen LogP contribution in [0.5, 0.6) is 0 Å². The number of hydrogen-bond donors (Lipinski definition) is 0. The lowest BCUT2D eigenvalue weighted by molar-refractivity contribution is -0.945. The molecule has 0 N–H and O–H groups in total. The second-order valence-corrected chi connectivity index (χ2v) is 4.96. The van der Waals surface area contributed by atoms with Crippen molar-refractivity contribution in [3.8, 4) is 0 Å². The van der Waals surface area contributed by atoms with Crippen molar-refractivity contribution in [3.63, 3.8) is 0 Å². The molecule has 1 heterocycles. The molecule has 1 saturated heterocycles. The quantitative estimate of drug-likeness (QED) is 0.507. The van der Waals surface area contributed by atoms with Crippen LogP contribution in [0.1, 0.15) is 33.1 Å². The normalized spacial score (nSPS) is 49.1. The third-order valence-electron chi connectivity index (χ3n) is 4.18. The molecule has 0 spiro atoms. The van der Waals surface area contributed by atoms with Gasteiger partial charge in [0.15, 0.2) is 0 Å². The zero-order valence-electron chi connectivity index (χ0n) is 8.01. The van der Waals surface area contributed by atoms with Crippen LogP contribution in [0.4, 0.5) is 0 Å². The molecule has 2 aliphatic rings. The summed E-state index contributed by atoms with van der Waals surface area (Å²) in [6.07, 6.45) is 4.54. The van der Waals surface area contributed by atoms with Gasteiger partial charge in [-0.15, -0.1) is 0 Å². The van der Waals surface area contributed by atoms with Crippen molar-refractivity contribution in [2.75, 3.05) is 13.6 Å². The van der Waals surface area contributed by atoms with Crippen LogP contribution in [0.2, 0.25) is 0 Å². The van der Waals surface area contributed by atoms with Gasteiger partial charge < -0.3 is 4.48 Å². The van der Waals surface area contributed by atoms with E-state index >= 15 is 0 Å². The van der Waals surface area contributed by atoms with Crippen molar-refractivity contribution >= 4 is 0 Å². The van der Waals surface area contributed by atoms with Crippen LogP contribution < -0.4 is 0 Å². The van der Waals surface area contributed by atoms with E-state index in [1.54, 1.807) is 0 Å². The summed E-state index contributed by atoms with van der Waals surface area (Å²) in [7, 11) is 2.45. The summed E-state index contributed by atoms with van der Waals surface area (Å²) in [6, 6.07) is 1.85. The van der Waals surface area contributed by atoms with Gasteiger partial charge in [0.25, 0.3) is 0 Å². The number of fused-ring (bicyclic) bond motifs is 2. The van der Waals surface area contributed by atoms with Gasteiger partial charge in [0.2, 0.25) is 0 Å². The van der Waals surface area contributed by atoms with E-state index in [4.69, 9.17) is 0 Å². The minimum Gasteiger partial charge on any atom is -0.321 e. The molecular formula is C10H20N+. The van der Waals surface area contributed by atoms with Crippen molar-refractivity contribution < 1.29 is 4.48 Å². The van der Waals surface area contributed by atoms with E-state index in [1.807, 2.05) is 0 Å². The molecule has 3 atom stereocenters. The van der Waals surface area contributed by atoms with E-state index in [0.29, 0.717) is 0 Å². The van der Waals surface area contributed by atoms with Gasteiger partial charge in [0.1, 0.15) is 0 Å². The van der Waals surface area contributed by atoms with E-state index in [0.717, 1.165) is 18.0 Å². The van der Waals surface area contributed by atoms with Gasteiger partial charge in [-0.2, -0.15) is 0 Å². The summed E-state index contributed by atoms with van der Waals surface area (Å²) in [5, 5.41) is 0. The minimum atomic E-state index is 0.838. The van der Waals surface area contributed by atoms with Gasteiger partial charge in [0.05, 0.1) is 25.7 Å². The Balaban J connectivity index is 2.16. The van der Waals surface area contributed by atoms with Crippen molar-refractivity contribution in [2.45, 2.75) is 45.2 Å². The molecule has 3 unspecified atom stereocenters. The molecule has 1 heteroatoms. The molecule has 0 radical (unpaired) electrons. The number of hydrogen-bond acceptors (Lipinski definition) is 0. The van der Waals surface area contributed by atoms with E-state index in [9.17, 15) is 0 Å². The molecule has 1 nitrogen and oxygen atoms in total. The van der Waals surface area contributed by atoms with Crippen LogP contribution in [-0.2, 0) is 0 Å². The lowest BCUT2D eigenvalue weighted by Crippen LogP contribution is -2.54. The summed E-state index contributed by atoms with van der Waals surface area (Å²) in [5.74, 6) is 1.08. The SMILES string of the molecule is CC(C)[N+]1(C)CC2CCC1C2. The number of likely N-dealkylation sites (tertiary alicyclic amines) is 1. The summed E-state index contributed by atoms with van der Waals surface area (Å²) < 4.78 is 1.37. The van der Waals surface area contributed by atoms with E-state index in [1.165, 1.54) is 30.3 Å². The maximum absolute atomic E-state index is 2.45. The number of nitrogens with zero attached hydrogens (tertiary/aromatic N) is 1. The summed E-state index contributed by atoms with van der Waals surface area (Å²) in [4.78, 5) is 0. The summed E-state index contributed by atoms with van der Waals surface area (Å²) >= 11 is 0. The molecule has 0 aromatic carbocycles. The molecule has 0 aromatic heterocycles. The third kappa shape index (κ3) is 0.936. The van der Waals surface area contributed by atoms with Crippen molar-refractivity contribution in [1.82, 2.24) is 0 Å². The maximum Gasteiger partial charge on any atom is 0.0895 e. The first kappa shape index (κ1) is 7.60. The Morgan fingerprint density at radius 3 is 2.27 bits per heavy atom. The second-order valence-electron chi connectivity index (χ2n) is 4.96. The molecule has 64 valence electrons. The van der Waals surface area contributed by atoms with Gasteiger partial charge in [-0.25, -0.2) is 0 Å². The molecular weight excluding hydrogens is 134 g/mol. The first-order chi connectivity index (χ1) is 5.13. The Bertz CT molecular complexity index is 164. The smallest absolute Gasteiger partial charge is 0.0895 e. The second kappa shape index (κ2) is 2.22. The van der Waals surface area contributed by atoms with E-state index in [2.05, 4.69) is 20.9 Å². The third-order valence-corrected chi connectivity index (χ3v) is 4.18. The molecule has 1 aliphatic heterocycles. The van der Waals surface area contributed by atoms with Crippen LogP contribution in [0.25, 0.3) is 0 Å². The highest BCUT2D eigenvalue weighted by molar-refractivity contribution is 4.84. The lowest BCUT2D eigenvalue weighted by atomic mass is 10.1. The molecule has 2 fully saturated rings. The minimum absolute atomic E-state index is 0.838. The first-order valence-electron chi connectivity index (χ1n) is 4.98. The zero-order valence-corrected chi connectivity index (χ0v) is 8.01. The first-order valence-corrected chi connectivity index (χ1v) is 4.98. The van der Waals surface area contributed by atoms with Crippen LogP contribution in [0.15, 0.2) is 0 Å². The highest BCUT2D eigenvalue weighted by atomic mass is 15.4. The average Bonchev–Trinajstić information content (AvgIpc) is 2.45. The molecule has 1 aliphatic carbocycles. The Kier molecular flexibility index (Phi) is 1.54. The van der Waals surface area contributed by atoms with Gasteiger partial charge in [-0.05, 0) is 26.7 Å². The zero-order chi connectivity index (χ0) is 8.06. The number of quaternary nitrogens is 1. The van der Waals surface area contributed by atoms with Gasteiger partial charge in [-0.1, -0.05) is 0 Å². The lowest BCUT2D eigenvalue weighted by Gasteiger charge is -2.42. The summed E-state index contributed by atoms with van der Waals surface area (Å²) in [5.41, 5.74) is 0. The van der Waals surface area contributed by atoms with Crippen molar-refractivity contribution in [3.05, 3.63) is 0 Å². The molecule has 0 aromatic rings. The number of piperidine rings is 1. The highest BCUT2D eigenvalue weighted by Gasteiger charge is 2.49. The average molecular weight is 154 g/mol. The predicted octanol–water partition coefficient (Wildman–Crippen LogP) is 2.02. The fourth-order valence-corrected chi connectivity index (χ4v) is 3.09. The Morgan fingerprint density at radius 2 is 2.00 bits per heavy atom. The summed E-state index contributed by atoms with van der Waals surface area (Å²) in [6.45, 7) is 6.21. The van der Waals surface area contributed by atoms with Crippen LogP contribution >= 0.6 is 0 Å². The van der Waals surface area contributed by atoms with E-state index < -0.39 is 0 Å².